The van der Waals surface area contributed by atoms with Gasteiger partial charge in [0.2, 0.25) is 5.91 Å². The number of primary amides is 1. The number of benzene rings is 1. The molecule has 1 aromatic carbocycles. The van der Waals surface area contributed by atoms with E-state index in [0.29, 0.717) is 18.4 Å². The Hall–Kier alpha value is -2.08. The first-order valence-corrected chi connectivity index (χ1v) is 10.2. The van der Waals surface area contributed by atoms with Crippen LogP contribution in [0.15, 0.2) is 35.3 Å². The summed E-state index contributed by atoms with van der Waals surface area (Å²) in [6, 6.07) is 11.1. The van der Waals surface area contributed by atoms with Gasteiger partial charge in [0.05, 0.1) is 6.04 Å². The summed E-state index contributed by atoms with van der Waals surface area (Å²) < 4.78 is 0. The van der Waals surface area contributed by atoms with Gasteiger partial charge in [0, 0.05) is 33.1 Å². The fourth-order valence-corrected chi connectivity index (χ4v) is 4.42. The minimum absolute atomic E-state index is 0.206. The zero-order valence-corrected chi connectivity index (χ0v) is 16.4. The van der Waals surface area contributed by atoms with Crippen molar-refractivity contribution in [3.63, 3.8) is 0 Å². The molecule has 27 heavy (non-hydrogen) atoms. The number of nitrogens with zero attached hydrogens (tertiary/aromatic N) is 3. The second-order valence-corrected chi connectivity index (χ2v) is 7.72. The normalized spacial score (nSPS) is 22.6. The lowest BCUT2D eigenvalue weighted by atomic mass is 9.95. The van der Waals surface area contributed by atoms with Gasteiger partial charge in [0.15, 0.2) is 5.96 Å². The minimum Gasteiger partial charge on any atom is -0.370 e. The highest BCUT2D eigenvalue weighted by molar-refractivity contribution is 5.80. The Kier molecular flexibility index (Phi) is 7.10. The average molecular weight is 372 g/mol. The van der Waals surface area contributed by atoms with Crippen molar-refractivity contribution in [1.29, 1.82) is 0 Å². The Labute approximate surface area is 162 Å². The lowest BCUT2D eigenvalue weighted by Gasteiger charge is -2.36. The summed E-state index contributed by atoms with van der Waals surface area (Å²) in [6.45, 7) is 4.99. The van der Waals surface area contributed by atoms with Crippen LogP contribution in [0, 0.1) is 5.92 Å². The number of hydrogen-bond acceptors (Lipinski definition) is 3. The molecule has 6 nitrogen and oxygen atoms in total. The van der Waals surface area contributed by atoms with E-state index in [2.05, 4.69) is 50.4 Å². The lowest BCUT2D eigenvalue weighted by Crippen LogP contribution is -2.49. The average Bonchev–Trinajstić information content (AvgIpc) is 3.20. The van der Waals surface area contributed by atoms with Crippen molar-refractivity contribution in [1.82, 2.24) is 15.1 Å². The number of carbonyl (C=O) groups is 1. The third-order valence-corrected chi connectivity index (χ3v) is 5.74. The molecule has 2 heterocycles. The van der Waals surface area contributed by atoms with Crippen LogP contribution in [-0.4, -0.2) is 61.4 Å². The van der Waals surface area contributed by atoms with Gasteiger partial charge in [0.25, 0.3) is 0 Å². The molecule has 0 radical (unpaired) electrons. The standard InChI is InChI=1S/C21H33N5O/c1-23-21(26-13-7-8-17(16-26)14-20(22)27)24-15-19(25-11-5-6-12-25)18-9-3-2-4-10-18/h2-4,9-10,17,19H,5-8,11-16H2,1H3,(H2,22,27)(H,23,24). The van der Waals surface area contributed by atoms with Crippen molar-refractivity contribution in [3.8, 4) is 0 Å². The Morgan fingerprint density at radius 3 is 2.63 bits per heavy atom. The number of likely N-dealkylation sites (tertiary alicyclic amines) is 2. The fraction of sp³-hybridized carbons (Fsp3) is 0.619. The largest absolute Gasteiger partial charge is 0.370 e. The molecule has 2 aliphatic rings. The number of aliphatic imine (C=N–C) groups is 1. The first-order valence-electron chi connectivity index (χ1n) is 10.2. The van der Waals surface area contributed by atoms with Gasteiger partial charge in [-0.1, -0.05) is 30.3 Å². The van der Waals surface area contributed by atoms with Crippen LogP contribution in [0.5, 0.6) is 0 Å². The van der Waals surface area contributed by atoms with Gasteiger partial charge in [-0.3, -0.25) is 14.7 Å². The Balaban J connectivity index is 1.63. The van der Waals surface area contributed by atoms with E-state index in [1.54, 1.807) is 0 Å². The molecule has 6 heteroatoms. The molecule has 2 aliphatic heterocycles. The van der Waals surface area contributed by atoms with Crippen LogP contribution < -0.4 is 11.1 Å². The topological polar surface area (TPSA) is 74.0 Å². The van der Waals surface area contributed by atoms with E-state index in [1.165, 1.54) is 18.4 Å². The summed E-state index contributed by atoms with van der Waals surface area (Å²) in [5.41, 5.74) is 6.76. The molecule has 2 unspecified atom stereocenters. The van der Waals surface area contributed by atoms with Crippen molar-refractivity contribution in [2.75, 3.05) is 39.8 Å². The molecule has 2 fully saturated rings. The zero-order chi connectivity index (χ0) is 19.1. The van der Waals surface area contributed by atoms with Gasteiger partial charge in [0.1, 0.15) is 0 Å². The highest BCUT2D eigenvalue weighted by Crippen LogP contribution is 2.25. The SMILES string of the molecule is CN=C(NCC(c1ccccc1)N1CCCC1)N1CCCC(CC(N)=O)C1. The molecule has 0 bridgehead atoms. The van der Waals surface area contributed by atoms with Crippen molar-refractivity contribution in [2.45, 2.75) is 38.1 Å². The van der Waals surface area contributed by atoms with E-state index in [-0.39, 0.29) is 5.91 Å². The van der Waals surface area contributed by atoms with Gasteiger partial charge in [-0.15, -0.1) is 0 Å². The van der Waals surface area contributed by atoms with Crippen LogP contribution in [0.4, 0.5) is 0 Å². The lowest BCUT2D eigenvalue weighted by molar-refractivity contribution is -0.119. The first-order chi connectivity index (χ1) is 13.2. The Bertz CT molecular complexity index is 627. The smallest absolute Gasteiger partial charge is 0.217 e. The van der Waals surface area contributed by atoms with Crippen LogP contribution in [0.1, 0.15) is 43.7 Å². The maximum absolute atomic E-state index is 11.3. The molecular formula is C21H33N5O. The quantitative estimate of drug-likeness (QED) is 0.592. The number of nitrogens with two attached hydrogens (primary N) is 1. The van der Waals surface area contributed by atoms with E-state index in [0.717, 1.165) is 51.5 Å². The maximum Gasteiger partial charge on any atom is 0.217 e. The van der Waals surface area contributed by atoms with E-state index >= 15 is 0 Å². The van der Waals surface area contributed by atoms with Gasteiger partial charge < -0.3 is 16.0 Å². The number of guanidine groups is 1. The summed E-state index contributed by atoms with van der Waals surface area (Å²) in [4.78, 5) is 20.7. The predicted molar refractivity (Wildman–Crippen MR) is 109 cm³/mol. The molecular weight excluding hydrogens is 338 g/mol. The van der Waals surface area contributed by atoms with E-state index in [1.807, 2.05) is 7.05 Å². The van der Waals surface area contributed by atoms with Crippen LogP contribution in [0.25, 0.3) is 0 Å². The molecule has 0 spiro atoms. The van der Waals surface area contributed by atoms with Gasteiger partial charge >= 0.3 is 0 Å². The number of carbonyl (C=O) groups excluding carboxylic acids is 1. The third-order valence-electron chi connectivity index (χ3n) is 5.74. The molecule has 148 valence electrons. The molecule has 2 saturated heterocycles. The van der Waals surface area contributed by atoms with Gasteiger partial charge in [-0.05, 0) is 50.3 Å². The van der Waals surface area contributed by atoms with E-state index < -0.39 is 0 Å². The molecule has 0 saturated carbocycles. The molecule has 2 atom stereocenters. The van der Waals surface area contributed by atoms with Crippen molar-refractivity contribution >= 4 is 11.9 Å². The summed E-state index contributed by atoms with van der Waals surface area (Å²) in [5, 5.41) is 3.61. The van der Waals surface area contributed by atoms with E-state index in [9.17, 15) is 4.79 Å². The second kappa shape index (κ2) is 9.74. The molecule has 3 N–H and O–H groups in total. The summed E-state index contributed by atoms with van der Waals surface area (Å²) in [7, 11) is 1.84. The predicted octanol–water partition coefficient (Wildman–Crippen LogP) is 1.99. The second-order valence-electron chi connectivity index (χ2n) is 7.72. The summed E-state index contributed by atoms with van der Waals surface area (Å²) in [5.74, 6) is 1.06. The summed E-state index contributed by atoms with van der Waals surface area (Å²) >= 11 is 0. The van der Waals surface area contributed by atoms with Gasteiger partial charge in [-0.2, -0.15) is 0 Å². The summed E-state index contributed by atoms with van der Waals surface area (Å²) in [6.07, 6.45) is 5.16. The highest BCUT2D eigenvalue weighted by atomic mass is 16.1. The number of rotatable bonds is 6. The number of hydrogen-bond donors (Lipinski definition) is 2. The number of amides is 1. The Morgan fingerprint density at radius 2 is 1.96 bits per heavy atom. The van der Waals surface area contributed by atoms with Crippen LogP contribution in [0.3, 0.4) is 0 Å². The maximum atomic E-state index is 11.3. The molecule has 0 aliphatic carbocycles. The van der Waals surface area contributed by atoms with Crippen LogP contribution in [-0.2, 0) is 4.79 Å². The number of nitrogens with one attached hydrogen (secondary N) is 1. The monoisotopic (exact) mass is 371 g/mol. The molecule has 0 aromatic heterocycles. The zero-order valence-electron chi connectivity index (χ0n) is 16.4. The minimum atomic E-state index is -0.206. The molecule has 1 aromatic rings. The van der Waals surface area contributed by atoms with Crippen molar-refractivity contribution in [3.05, 3.63) is 35.9 Å². The Morgan fingerprint density at radius 1 is 1.22 bits per heavy atom. The fourth-order valence-electron chi connectivity index (χ4n) is 4.42. The van der Waals surface area contributed by atoms with Crippen molar-refractivity contribution in [2.24, 2.45) is 16.6 Å². The third kappa shape index (κ3) is 5.45. The molecule has 1 amide bonds. The van der Waals surface area contributed by atoms with Crippen LogP contribution >= 0.6 is 0 Å². The first kappa shape index (κ1) is 19.7. The highest BCUT2D eigenvalue weighted by Gasteiger charge is 2.26. The van der Waals surface area contributed by atoms with Crippen molar-refractivity contribution < 1.29 is 4.79 Å². The van der Waals surface area contributed by atoms with Gasteiger partial charge in [-0.25, -0.2) is 0 Å². The molecule has 3 rings (SSSR count). The van der Waals surface area contributed by atoms with E-state index in [4.69, 9.17) is 5.73 Å². The number of piperidine rings is 1. The van der Waals surface area contributed by atoms with Crippen LogP contribution in [0.2, 0.25) is 0 Å².